The van der Waals surface area contributed by atoms with E-state index in [-0.39, 0.29) is 27.8 Å². The van der Waals surface area contributed by atoms with Crippen molar-refractivity contribution in [2.45, 2.75) is 31.2 Å². The van der Waals surface area contributed by atoms with Gasteiger partial charge in [0.15, 0.2) is 0 Å². The van der Waals surface area contributed by atoms with Crippen LogP contribution in [0.5, 0.6) is 0 Å². The second-order valence-electron chi connectivity index (χ2n) is 7.96. The van der Waals surface area contributed by atoms with Gasteiger partial charge in [0, 0.05) is 16.1 Å². The Hall–Kier alpha value is -3.17. The maximum absolute atomic E-state index is 13.4. The lowest BCUT2D eigenvalue weighted by Gasteiger charge is -2.24. The smallest absolute Gasteiger partial charge is 0.337 e. The predicted octanol–water partition coefficient (Wildman–Crippen LogP) is 4.85. The zero-order valence-electron chi connectivity index (χ0n) is 17.9. The molecule has 0 fully saturated rings. The number of anilines is 2. The summed E-state index contributed by atoms with van der Waals surface area (Å²) >= 11 is 3.21. The summed E-state index contributed by atoms with van der Waals surface area (Å²) in [7, 11) is -3.82. The molecule has 9 heteroatoms. The van der Waals surface area contributed by atoms with E-state index in [1.165, 1.54) is 40.7 Å². The topological polar surface area (TPSA) is 104 Å². The molecule has 0 bridgehead atoms. The number of rotatable bonds is 5. The molecule has 3 aromatic rings. The number of halogens is 1. The number of nitrogens with zero attached hydrogens (tertiary/aromatic N) is 1. The van der Waals surface area contributed by atoms with E-state index in [9.17, 15) is 23.1 Å². The Morgan fingerprint density at radius 1 is 1.06 bits per heavy atom. The monoisotopic (exact) mass is 528 g/mol. The van der Waals surface area contributed by atoms with E-state index in [0.29, 0.717) is 16.6 Å². The van der Waals surface area contributed by atoms with E-state index in [4.69, 9.17) is 0 Å². The van der Waals surface area contributed by atoms with Gasteiger partial charge in [-0.15, -0.1) is 0 Å². The first-order valence-corrected chi connectivity index (χ1v) is 12.4. The maximum Gasteiger partial charge on any atom is 0.337 e. The summed E-state index contributed by atoms with van der Waals surface area (Å²) in [6.45, 7) is 3.84. The lowest BCUT2D eigenvalue weighted by atomic mass is 10.1. The number of aromatic carboxylic acids is 1. The largest absolute Gasteiger partial charge is 0.478 e. The molecule has 7 nitrogen and oxygen atoms in total. The van der Waals surface area contributed by atoms with Crippen molar-refractivity contribution in [1.82, 2.24) is 0 Å². The number of amides is 1. The van der Waals surface area contributed by atoms with Crippen molar-refractivity contribution in [2.24, 2.45) is 0 Å². The van der Waals surface area contributed by atoms with Gasteiger partial charge in [-0.3, -0.25) is 9.10 Å². The summed E-state index contributed by atoms with van der Waals surface area (Å²) in [6.07, 6.45) is 0.635. The van der Waals surface area contributed by atoms with Crippen LogP contribution >= 0.6 is 15.9 Å². The lowest BCUT2D eigenvalue weighted by Crippen LogP contribution is -2.35. The van der Waals surface area contributed by atoms with Crippen LogP contribution in [0.4, 0.5) is 11.4 Å². The number of benzene rings is 3. The first kappa shape index (κ1) is 23.0. The SMILES string of the molecule is Cc1ccc2c(c1)CC(C)N2S(=O)(=O)c1ccc(C(=O)Nc2ccc(Br)cc2C(=O)O)cc1. The van der Waals surface area contributed by atoms with E-state index < -0.39 is 21.9 Å². The van der Waals surface area contributed by atoms with E-state index in [1.807, 2.05) is 32.0 Å². The third-order valence-corrected chi connectivity index (χ3v) is 7.96. The lowest BCUT2D eigenvalue weighted by molar-refractivity contribution is 0.0698. The molecule has 0 spiro atoms. The number of carboxylic acids is 1. The number of fused-ring (bicyclic) bond motifs is 1. The van der Waals surface area contributed by atoms with E-state index in [0.717, 1.165) is 11.1 Å². The highest BCUT2D eigenvalue weighted by Gasteiger charge is 2.36. The van der Waals surface area contributed by atoms with Gasteiger partial charge in [-0.2, -0.15) is 0 Å². The van der Waals surface area contributed by atoms with Crippen LogP contribution in [0, 0.1) is 6.92 Å². The molecule has 0 aliphatic carbocycles. The fourth-order valence-corrected chi connectivity index (χ4v) is 6.04. The summed E-state index contributed by atoms with van der Waals surface area (Å²) in [5.74, 6) is -1.72. The van der Waals surface area contributed by atoms with Gasteiger partial charge in [0.25, 0.3) is 15.9 Å². The number of hydrogen-bond donors (Lipinski definition) is 2. The Morgan fingerprint density at radius 2 is 1.76 bits per heavy atom. The average Bonchev–Trinajstić information content (AvgIpc) is 3.10. The van der Waals surface area contributed by atoms with Crippen LogP contribution in [0.2, 0.25) is 0 Å². The zero-order valence-corrected chi connectivity index (χ0v) is 20.3. The second kappa shape index (κ2) is 8.64. The summed E-state index contributed by atoms with van der Waals surface area (Å²) in [5.41, 5.74) is 3.03. The van der Waals surface area contributed by atoms with Gasteiger partial charge >= 0.3 is 5.97 Å². The van der Waals surface area contributed by atoms with Gasteiger partial charge in [0.1, 0.15) is 0 Å². The van der Waals surface area contributed by atoms with Crippen molar-refractivity contribution in [3.63, 3.8) is 0 Å². The molecule has 2 N–H and O–H groups in total. The Bertz CT molecular complexity index is 1370. The van der Waals surface area contributed by atoms with E-state index >= 15 is 0 Å². The van der Waals surface area contributed by atoms with Crippen LogP contribution in [-0.4, -0.2) is 31.4 Å². The Morgan fingerprint density at radius 3 is 2.42 bits per heavy atom. The van der Waals surface area contributed by atoms with E-state index in [2.05, 4.69) is 21.2 Å². The van der Waals surface area contributed by atoms with Crippen LogP contribution in [-0.2, 0) is 16.4 Å². The number of carbonyl (C=O) groups is 2. The number of nitrogens with one attached hydrogen (secondary N) is 1. The fourth-order valence-electron chi connectivity index (χ4n) is 3.99. The molecule has 3 aromatic carbocycles. The second-order valence-corrected chi connectivity index (χ2v) is 10.7. The molecule has 0 radical (unpaired) electrons. The molecule has 1 heterocycles. The third-order valence-electron chi connectivity index (χ3n) is 5.52. The molecule has 1 amide bonds. The molecular formula is C24H21BrN2O5S. The van der Waals surface area contributed by atoms with Crippen molar-refractivity contribution in [1.29, 1.82) is 0 Å². The van der Waals surface area contributed by atoms with Crippen molar-refractivity contribution >= 4 is 49.2 Å². The van der Waals surface area contributed by atoms with Gasteiger partial charge in [-0.1, -0.05) is 33.6 Å². The number of aryl methyl sites for hydroxylation is 1. The highest BCUT2D eigenvalue weighted by molar-refractivity contribution is 9.10. The predicted molar refractivity (Wildman–Crippen MR) is 130 cm³/mol. The molecule has 0 saturated heterocycles. The molecule has 1 aliphatic rings. The van der Waals surface area contributed by atoms with Crippen molar-refractivity contribution in [3.8, 4) is 0 Å². The molecule has 0 aromatic heterocycles. The Kier molecular flexibility index (Phi) is 6.02. The van der Waals surface area contributed by atoms with Crippen LogP contribution < -0.4 is 9.62 Å². The maximum atomic E-state index is 13.4. The minimum Gasteiger partial charge on any atom is -0.478 e. The van der Waals surface area contributed by atoms with Gasteiger partial charge < -0.3 is 10.4 Å². The fraction of sp³-hybridized carbons (Fsp3) is 0.167. The van der Waals surface area contributed by atoms with E-state index in [1.54, 1.807) is 6.07 Å². The minimum atomic E-state index is -3.82. The molecule has 1 aliphatic heterocycles. The summed E-state index contributed by atoms with van der Waals surface area (Å²) in [4.78, 5) is 24.2. The molecular weight excluding hydrogens is 508 g/mol. The van der Waals surface area contributed by atoms with Crippen molar-refractivity contribution < 1.29 is 23.1 Å². The average molecular weight is 529 g/mol. The van der Waals surface area contributed by atoms with Crippen LogP contribution in [0.15, 0.2) is 70.0 Å². The standard InChI is InChI=1S/C24H21BrN2O5S/c1-14-3-10-22-17(11-14)12-15(2)27(22)33(31,32)19-7-4-16(5-8-19)23(28)26-21-9-6-18(25)13-20(21)24(29)30/h3-11,13,15H,12H2,1-2H3,(H,26,28)(H,29,30). The van der Waals surface area contributed by atoms with Crippen LogP contribution in [0.25, 0.3) is 0 Å². The number of sulfonamides is 1. The number of carboxylic acid groups (broad SMARTS) is 1. The van der Waals surface area contributed by atoms with Crippen LogP contribution in [0.3, 0.4) is 0 Å². The first-order valence-electron chi connectivity index (χ1n) is 10.2. The number of hydrogen-bond acceptors (Lipinski definition) is 4. The Labute approximate surface area is 200 Å². The molecule has 4 rings (SSSR count). The normalized spacial score (nSPS) is 15.2. The molecule has 1 atom stereocenters. The van der Waals surface area contributed by atoms with Gasteiger partial charge in [0.2, 0.25) is 0 Å². The quantitative estimate of drug-likeness (QED) is 0.492. The highest BCUT2D eigenvalue weighted by Crippen LogP contribution is 2.37. The highest BCUT2D eigenvalue weighted by atomic mass is 79.9. The Balaban J connectivity index is 1.59. The molecule has 33 heavy (non-hydrogen) atoms. The van der Waals surface area contributed by atoms with Crippen molar-refractivity contribution in [3.05, 3.63) is 87.4 Å². The third kappa shape index (κ3) is 4.38. The molecule has 1 unspecified atom stereocenters. The van der Waals surface area contributed by atoms with Gasteiger partial charge in [0.05, 0.1) is 21.8 Å². The van der Waals surface area contributed by atoms with Crippen LogP contribution in [0.1, 0.15) is 38.8 Å². The number of carbonyl (C=O) groups excluding carboxylic acids is 1. The van der Waals surface area contributed by atoms with Gasteiger partial charge in [-0.25, -0.2) is 13.2 Å². The summed E-state index contributed by atoms with van der Waals surface area (Å²) in [5, 5.41) is 11.9. The zero-order chi connectivity index (χ0) is 23.9. The molecule has 170 valence electrons. The molecule has 0 saturated carbocycles. The van der Waals surface area contributed by atoms with Gasteiger partial charge in [-0.05, 0) is 74.4 Å². The summed E-state index contributed by atoms with van der Waals surface area (Å²) in [6, 6.07) is 15.6. The summed E-state index contributed by atoms with van der Waals surface area (Å²) < 4.78 is 28.7. The minimum absolute atomic E-state index is 0.0613. The van der Waals surface area contributed by atoms with Crippen molar-refractivity contribution in [2.75, 3.05) is 9.62 Å². The first-order chi connectivity index (χ1) is 15.6.